The number of aryl methyl sites for hydroxylation is 4. The van der Waals surface area contributed by atoms with Gasteiger partial charge in [0.25, 0.3) is 0 Å². The van der Waals surface area contributed by atoms with Crippen molar-refractivity contribution in [2.24, 2.45) is 10.9 Å². The molecule has 2 aromatic rings. The molecule has 0 aliphatic rings. The van der Waals surface area contributed by atoms with Gasteiger partial charge in [0.1, 0.15) is 6.17 Å². The summed E-state index contributed by atoms with van der Waals surface area (Å²) in [6.45, 7) is 21.7. The fourth-order valence-corrected chi connectivity index (χ4v) is 2.75. The zero-order valence-electron chi connectivity index (χ0n) is 21.5. The number of halogens is 1. The quantitative estimate of drug-likeness (QED) is 0.332. The minimum Gasteiger partial charge on any atom is -0.261 e. The molecule has 0 amide bonds. The first-order chi connectivity index (χ1) is 14.6. The van der Waals surface area contributed by atoms with Gasteiger partial charge >= 0.3 is 0 Å². The van der Waals surface area contributed by atoms with Crippen LogP contribution in [0.2, 0.25) is 0 Å². The zero-order valence-corrected chi connectivity index (χ0v) is 21.5. The van der Waals surface area contributed by atoms with E-state index in [0.717, 1.165) is 24.9 Å². The van der Waals surface area contributed by atoms with Crippen molar-refractivity contribution in [3.05, 3.63) is 77.4 Å². The highest BCUT2D eigenvalue weighted by Gasteiger charge is 2.06. The molecule has 0 N–H and O–H groups in total. The third-order valence-corrected chi connectivity index (χ3v) is 4.14. The molecule has 0 aliphatic carbocycles. The number of rotatable bonds is 5. The van der Waals surface area contributed by atoms with Crippen LogP contribution < -0.4 is 0 Å². The van der Waals surface area contributed by atoms with Gasteiger partial charge in [-0.15, -0.1) is 6.58 Å². The second-order valence-corrected chi connectivity index (χ2v) is 8.26. The van der Waals surface area contributed by atoms with E-state index in [1.54, 1.807) is 6.08 Å². The molecule has 0 radical (unpaired) electrons. The summed E-state index contributed by atoms with van der Waals surface area (Å²) in [5, 5.41) is 0. The van der Waals surface area contributed by atoms with E-state index in [2.05, 4.69) is 95.6 Å². The Balaban J connectivity index is 0. The second kappa shape index (κ2) is 19.7. The summed E-state index contributed by atoms with van der Waals surface area (Å²) in [6, 6.07) is 14.7. The molecule has 0 fully saturated rings. The van der Waals surface area contributed by atoms with Gasteiger partial charge in [-0.25, -0.2) is 4.39 Å². The van der Waals surface area contributed by atoms with Crippen molar-refractivity contribution in [3.8, 4) is 0 Å². The van der Waals surface area contributed by atoms with Crippen molar-refractivity contribution in [1.29, 1.82) is 0 Å². The number of hydrogen-bond donors (Lipinski definition) is 0. The summed E-state index contributed by atoms with van der Waals surface area (Å²) in [5.41, 5.74) is 6.24. The van der Waals surface area contributed by atoms with E-state index >= 15 is 0 Å². The summed E-state index contributed by atoms with van der Waals surface area (Å²) < 4.78 is 12.7. The molecule has 1 atom stereocenters. The number of aliphatic imine (C=N–C) groups is 1. The molecule has 0 spiro atoms. The number of hydrogen-bond acceptors (Lipinski definition) is 1. The Bertz CT molecular complexity index is 714. The minimum absolute atomic E-state index is 0.506. The van der Waals surface area contributed by atoms with Crippen molar-refractivity contribution in [1.82, 2.24) is 0 Å². The zero-order chi connectivity index (χ0) is 24.2. The largest absolute Gasteiger partial charge is 0.261 e. The van der Waals surface area contributed by atoms with Gasteiger partial charge < -0.3 is 0 Å². The Morgan fingerprint density at radius 3 is 1.84 bits per heavy atom. The van der Waals surface area contributed by atoms with Gasteiger partial charge in [0, 0.05) is 6.21 Å². The maximum atomic E-state index is 12.7. The number of benzene rings is 2. The Labute approximate surface area is 192 Å². The van der Waals surface area contributed by atoms with Crippen LogP contribution in [0.4, 0.5) is 10.1 Å². The predicted molar refractivity (Wildman–Crippen MR) is 141 cm³/mol. The summed E-state index contributed by atoms with van der Waals surface area (Å²) >= 11 is 0. The Morgan fingerprint density at radius 2 is 1.45 bits per heavy atom. The van der Waals surface area contributed by atoms with Gasteiger partial charge in [0.2, 0.25) is 0 Å². The smallest absolute Gasteiger partial charge is 0.100 e. The van der Waals surface area contributed by atoms with Gasteiger partial charge in [0.15, 0.2) is 0 Å². The molecule has 2 heteroatoms. The molecule has 0 heterocycles. The van der Waals surface area contributed by atoms with Crippen molar-refractivity contribution in [2.75, 3.05) is 0 Å². The Hall–Kier alpha value is -2.22. The van der Waals surface area contributed by atoms with Crippen LogP contribution in [0, 0.1) is 33.6 Å². The molecule has 2 aromatic carbocycles. The van der Waals surface area contributed by atoms with Gasteiger partial charge in [-0.2, -0.15) is 0 Å². The third kappa shape index (κ3) is 19.5. The van der Waals surface area contributed by atoms with Crippen LogP contribution in [0.1, 0.15) is 76.1 Å². The van der Waals surface area contributed by atoms with E-state index in [9.17, 15) is 4.39 Å². The van der Waals surface area contributed by atoms with Gasteiger partial charge in [-0.05, 0) is 77.5 Å². The van der Waals surface area contributed by atoms with Crippen molar-refractivity contribution >= 4 is 11.9 Å². The van der Waals surface area contributed by atoms with E-state index < -0.39 is 6.17 Å². The summed E-state index contributed by atoms with van der Waals surface area (Å²) in [5.74, 6) is 0.506. The van der Waals surface area contributed by atoms with Gasteiger partial charge in [0.05, 0.1) is 5.69 Å². The van der Waals surface area contributed by atoms with E-state index in [1.807, 2.05) is 27.0 Å². The number of alkyl halides is 1. The molecular formula is C29H46FN. The SMILES string of the molecule is C=CC.CC=Nc1cc(C)ccc1C.CCCC(F)CC(C)C.Cc1cccc(C)c1. The lowest BCUT2D eigenvalue weighted by atomic mass is 10.0. The topological polar surface area (TPSA) is 12.4 Å². The van der Waals surface area contributed by atoms with Crippen LogP contribution in [0.25, 0.3) is 0 Å². The van der Waals surface area contributed by atoms with Gasteiger partial charge in [-0.1, -0.05) is 80.8 Å². The minimum atomic E-state index is -0.560. The van der Waals surface area contributed by atoms with Crippen LogP contribution in [-0.4, -0.2) is 12.4 Å². The molecule has 1 nitrogen and oxygen atoms in total. The second-order valence-electron chi connectivity index (χ2n) is 8.26. The van der Waals surface area contributed by atoms with Crippen LogP contribution in [0.5, 0.6) is 0 Å². The fraction of sp³-hybridized carbons (Fsp3) is 0.483. The van der Waals surface area contributed by atoms with E-state index in [0.29, 0.717) is 5.92 Å². The summed E-state index contributed by atoms with van der Waals surface area (Å²) in [4.78, 5) is 4.24. The monoisotopic (exact) mass is 427 g/mol. The maximum absolute atomic E-state index is 12.7. The molecule has 0 bridgehead atoms. The molecule has 31 heavy (non-hydrogen) atoms. The molecule has 0 saturated carbocycles. The standard InChI is InChI=1S/C10H13N.C8H17F.C8H10.C3H6/c1-4-11-10-7-8(2)5-6-9(10)3;1-4-5-8(9)6-7(2)3;1-7-4-3-5-8(2)6-7;1-3-2/h4-7H,1-3H3;7-8H,4-6H2,1-3H3;3-6H,1-2H3;3H,1H2,2H3. The van der Waals surface area contributed by atoms with Crippen molar-refractivity contribution in [3.63, 3.8) is 0 Å². The van der Waals surface area contributed by atoms with Crippen LogP contribution >= 0.6 is 0 Å². The van der Waals surface area contributed by atoms with Gasteiger partial charge in [-0.3, -0.25) is 4.99 Å². The lowest BCUT2D eigenvalue weighted by Crippen LogP contribution is -2.03. The van der Waals surface area contributed by atoms with Crippen molar-refractivity contribution < 1.29 is 4.39 Å². The van der Waals surface area contributed by atoms with Crippen LogP contribution in [-0.2, 0) is 0 Å². The van der Waals surface area contributed by atoms with Crippen molar-refractivity contribution in [2.45, 2.75) is 87.7 Å². The average Bonchev–Trinajstić information content (AvgIpc) is 2.66. The Morgan fingerprint density at radius 1 is 0.935 bits per heavy atom. The molecule has 0 saturated heterocycles. The lowest BCUT2D eigenvalue weighted by molar-refractivity contribution is 0.265. The summed E-state index contributed by atoms with van der Waals surface area (Å²) in [6.07, 6.45) is 5.44. The highest BCUT2D eigenvalue weighted by Crippen LogP contribution is 2.18. The first kappa shape index (κ1) is 31.0. The molecule has 2 rings (SSSR count). The Kier molecular flexibility index (Phi) is 19.7. The van der Waals surface area contributed by atoms with Crippen LogP contribution in [0.15, 0.2) is 60.1 Å². The maximum Gasteiger partial charge on any atom is 0.100 e. The molecule has 1 unspecified atom stereocenters. The van der Waals surface area contributed by atoms with E-state index in [-0.39, 0.29) is 0 Å². The van der Waals surface area contributed by atoms with E-state index in [4.69, 9.17) is 0 Å². The summed E-state index contributed by atoms with van der Waals surface area (Å²) in [7, 11) is 0. The van der Waals surface area contributed by atoms with Crippen LogP contribution in [0.3, 0.4) is 0 Å². The molecule has 174 valence electrons. The lowest BCUT2D eigenvalue weighted by Gasteiger charge is -2.07. The highest BCUT2D eigenvalue weighted by molar-refractivity contribution is 5.62. The molecule has 0 aliphatic heterocycles. The fourth-order valence-electron chi connectivity index (χ4n) is 2.75. The normalized spacial score (nSPS) is 10.8. The predicted octanol–water partition coefficient (Wildman–Crippen LogP) is 9.69. The number of allylic oxidation sites excluding steroid dienone is 1. The average molecular weight is 428 g/mol. The first-order valence-electron chi connectivity index (χ1n) is 11.4. The molecular weight excluding hydrogens is 381 g/mol. The molecule has 0 aromatic heterocycles. The first-order valence-corrected chi connectivity index (χ1v) is 11.4. The highest BCUT2D eigenvalue weighted by atomic mass is 19.1. The number of nitrogens with zero attached hydrogens (tertiary/aromatic N) is 1. The third-order valence-electron chi connectivity index (χ3n) is 4.14. The van der Waals surface area contributed by atoms with E-state index in [1.165, 1.54) is 22.3 Å².